The molecule has 0 N–H and O–H groups in total. The number of imidazole rings is 1. The number of pyridine rings is 1. The van der Waals surface area contributed by atoms with Gasteiger partial charge in [-0.15, -0.1) is 11.3 Å². The van der Waals surface area contributed by atoms with Crippen molar-refractivity contribution in [1.29, 1.82) is 0 Å². The summed E-state index contributed by atoms with van der Waals surface area (Å²) in [6, 6.07) is 29.8. The van der Waals surface area contributed by atoms with E-state index in [1.54, 1.807) is 40.2 Å². The molecule has 172 valence electrons. The lowest BCUT2D eigenvalue weighted by Gasteiger charge is -2.10. The van der Waals surface area contributed by atoms with Crippen molar-refractivity contribution in [2.75, 3.05) is 0 Å². The summed E-state index contributed by atoms with van der Waals surface area (Å²) in [6.45, 7) is -4.02. The minimum Gasteiger partial charge on any atom is -0.319 e. The number of hydrogen-bond donors (Lipinski definition) is 0. The highest BCUT2D eigenvalue weighted by molar-refractivity contribution is 7.26. The molecule has 0 aliphatic carbocycles. The second-order valence-electron chi connectivity index (χ2n) is 8.66. The van der Waals surface area contributed by atoms with E-state index in [9.17, 15) is 2.74 Å². The molecule has 4 aromatic carbocycles. The molecule has 4 heteroatoms. The lowest BCUT2D eigenvalue weighted by atomic mass is 10.0. The van der Waals surface area contributed by atoms with Crippen LogP contribution in [0.15, 0.2) is 109 Å². The highest BCUT2D eigenvalue weighted by Gasteiger charge is 2.19. The summed E-state index contributed by atoms with van der Waals surface area (Å²) in [4.78, 5) is 9.50. The zero-order valence-electron chi connectivity index (χ0n) is 24.1. The van der Waals surface area contributed by atoms with Crippen LogP contribution in [0.4, 0.5) is 0 Å². The predicted molar refractivity (Wildman–Crippen MR) is 152 cm³/mol. The van der Waals surface area contributed by atoms with E-state index < -0.39 is 13.3 Å². The molecule has 7 rings (SSSR count). The monoisotopic (exact) mass is 486 g/mol. The number of thiophene rings is 1. The summed E-state index contributed by atoms with van der Waals surface area (Å²) in [5.74, 6) is 0.550. The number of para-hydroxylation sites is 2. The number of nitrogens with zero attached hydrogens (tertiary/aromatic N) is 3. The van der Waals surface area contributed by atoms with Crippen LogP contribution in [-0.4, -0.2) is 14.5 Å². The van der Waals surface area contributed by atoms with Crippen molar-refractivity contribution in [2.24, 2.45) is 0 Å². The summed E-state index contributed by atoms with van der Waals surface area (Å²) in [6.07, 6.45) is 3.66. The van der Waals surface area contributed by atoms with Crippen LogP contribution in [0.5, 0.6) is 0 Å². The number of fused-ring (bicyclic) bond motifs is 4. The third kappa shape index (κ3) is 3.42. The topological polar surface area (TPSA) is 30.7 Å². The zero-order valence-corrected chi connectivity index (χ0v) is 20.0. The van der Waals surface area contributed by atoms with Crippen LogP contribution in [-0.2, 0) is 6.50 Å². The van der Waals surface area contributed by atoms with Gasteiger partial charge in [0.25, 0.3) is 0 Å². The Morgan fingerprint density at radius 3 is 2.44 bits per heavy atom. The predicted octanol–water partition coefficient (Wildman–Crippen LogP) is 8.49. The van der Waals surface area contributed by atoms with Gasteiger partial charge in [-0.1, -0.05) is 84.4 Å². The van der Waals surface area contributed by atoms with E-state index in [2.05, 4.69) is 11.1 Å². The fourth-order valence-corrected chi connectivity index (χ4v) is 6.02. The molecule has 0 atom stereocenters. The Morgan fingerprint density at radius 1 is 0.778 bits per heavy atom. The van der Waals surface area contributed by atoms with Gasteiger partial charge in [0, 0.05) is 54.3 Å². The highest BCUT2D eigenvalue weighted by atomic mass is 32.1. The molecule has 3 heterocycles. The Labute approximate surface area is 220 Å². The minimum absolute atomic E-state index is 0.298. The van der Waals surface area contributed by atoms with E-state index in [0.717, 1.165) is 42.4 Å². The largest absolute Gasteiger partial charge is 0.319 e. The Bertz CT molecular complexity index is 2060. The molecule has 0 radical (unpaired) electrons. The van der Waals surface area contributed by atoms with Crippen LogP contribution >= 0.6 is 11.3 Å². The lowest BCUT2D eigenvalue weighted by molar-refractivity contribution is 0.835. The summed E-state index contributed by atoms with van der Waals surface area (Å²) < 4.78 is 45.3. The fourth-order valence-electron chi connectivity index (χ4n) is 4.70. The van der Waals surface area contributed by atoms with E-state index >= 15 is 0 Å². The van der Waals surface area contributed by atoms with E-state index in [4.69, 9.17) is 9.10 Å². The number of hydrogen-bond acceptors (Lipinski definition) is 3. The van der Waals surface area contributed by atoms with Gasteiger partial charge in [-0.2, -0.15) is 0 Å². The Hall–Kier alpha value is -4.28. The van der Waals surface area contributed by atoms with Gasteiger partial charge in [0.15, 0.2) is 0 Å². The normalized spacial score (nSPS) is 14.4. The average molecular weight is 487 g/mol. The third-order valence-corrected chi connectivity index (χ3v) is 7.71. The lowest BCUT2D eigenvalue weighted by Crippen LogP contribution is -2.02. The molecule has 7 aromatic rings. The van der Waals surface area contributed by atoms with Crippen LogP contribution in [0.2, 0.25) is 0 Å². The van der Waals surface area contributed by atoms with Gasteiger partial charge in [-0.3, -0.25) is 4.98 Å². The molecule has 0 saturated carbocycles. The van der Waals surface area contributed by atoms with Crippen LogP contribution in [0.3, 0.4) is 0 Å². The maximum atomic E-state index is 9.26. The fraction of sp³-hybridized carbons (Fsp3) is 0.0625. The molecule has 0 spiro atoms. The van der Waals surface area contributed by atoms with Gasteiger partial charge in [-0.05, 0) is 36.2 Å². The third-order valence-electron chi connectivity index (χ3n) is 6.42. The van der Waals surface area contributed by atoms with Crippen molar-refractivity contribution >= 4 is 42.5 Å². The van der Waals surface area contributed by atoms with Crippen molar-refractivity contribution in [1.82, 2.24) is 14.5 Å². The van der Waals surface area contributed by atoms with Crippen LogP contribution in [0.1, 0.15) is 18.0 Å². The summed E-state index contributed by atoms with van der Waals surface area (Å²) in [5.41, 5.74) is 4.91. The standard InChI is InChI=1S/C32H23N3S/c1-21-14-16-23(17-15-21)26-18-33-19-27-24-10-7-11-25(30(24)36-31(26)27)32-34-28-12-5-6-13-29(28)35(32)20-22-8-3-2-4-9-22/h2-19H,20H2,1H3/i1D3,20D2. The molecule has 0 amide bonds. The first kappa shape index (κ1) is 16.4. The molecule has 0 saturated heterocycles. The Morgan fingerprint density at radius 2 is 1.58 bits per heavy atom. The van der Waals surface area contributed by atoms with Gasteiger partial charge in [0.1, 0.15) is 5.82 Å². The van der Waals surface area contributed by atoms with Gasteiger partial charge >= 0.3 is 0 Å². The van der Waals surface area contributed by atoms with Gasteiger partial charge in [0.2, 0.25) is 0 Å². The van der Waals surface area contributed by atoms with Crippen molar-refractivity contribution in [3.8, 4) is 22.5 Å². The Kier molecular flexibility index (Phi) is 3.84. The second kappa shape index (κ2) is 8.43. The summed E-state index contributed by atoms with van der Waals surface area (Å²) in [5, 5.41) is 1.99. The number of aryl methyl sites for hydroxylation is 1. The number of rotatable bonds is 4. The van der Waals surface area contributed by atoms with E-state index in [-0.39, 0.29) is 0 Å². The average Bonchev–Trinajstić information content (AvgIpc) is 3.56. The molecule has 0 fully saturated rings. The maximum Gasteiger partial charge on any atom is 0.142 e. The van der Waals surface area contributed by atoms with Crippen LogP contribution in [0, 0.1) is 6.85 Å². The molecule has 3 aromatic heterocycles. The van der Waals surface area contributed by atoms with Crippen LogP contribution in [0.25, 0.3) is 53.7 Å². The van der Waals surface area contributed by atoms with Crippen molar-refractivity contribution in [2.45, 2.75) is 13.3 Å². The SMILES string of the molecule is [2H]C([2H])([2H])c1ccc(-c2cncc3c2sc2c(-c4nc5ccccc5n4C([2H])([2H])c4ccccc4)cccc23)cc1. The first-order valence-corrected chi connectivity index (χ1v) is 12.5. The summed E-state index contributed by atoms with van der Waals surface area (Å²) >= 11 is 1.61. The van der Waals surface area contributed by atoms with Crippen molar-refractivity contribution < 1.29 is 6.85 Å². The molecule has 0 aliphatic heterocycles. The maximum absolute atomic E-state index is 9.26. The first-order valence-electron chi connectivity index (χ1n) is 14.2. The molecule has 0 bridgehead atoms. The molecular weight excluding hydrogens is 458 g/mol. The van der Waals surface area contributed by atoms with E-state index in [1.807, 2.05) is 79.1 Å². The zero-order chi connectivity index (χ0) is 28.4. The Balaban J connectivity index is 1.47. The minimum atomic E-state index is -2.16. The van der Waals surface area contributed by atoms with Crippen LogP contribution < -0.4 is 0 Å². The van der Waals surface area contributed by atoms with Gasteiger partial charge in [-0.25, -0.2) is 4.98 Å². The molecule has 0 unspecified atom stereocenters. The summed E-state index contributed by atoms with van der Waals surface area (Å²) in [7, 11) is 0. The molecule has 3 nitrogen and oxygen atoms in total. The van der Waals surface area contributed by atoms with Gasteiger partial charge in [0.05, 0.1) is 13.8 Å². The molecule has 0 aliphatic rings. The smallest absolute Gasteiger partial charge is 0.142 e. The molecular formula is C32H23N3S. The van der Waals surface area contributed by atoms with E-state index in [1.165, 1.54) is 0 Å². The van der Waals surface area contributed by atoms with Crippen molar-refractivity contribution in [3.63, 3.8) is 0 Å². The van der Waals surface area contributed by atoms with E-state index in [0.29, 0.717) is 22.5 Å². The number of benzene rings is 4. The van der Waals surface area contributed by atoms with Crippen molar-refractivity contribution in [3.05, 3.63) is 121 Å². The second-order valence-corrected chi connectivity index (χ2v) is 9.68. The number of aromatic nitrogens is 3. The molecule has 36 heavy (non-hydrogen) atoms. The highest BCUT2D eigenvalue weighted by Crippen LogP contribution is 2.43. The first-order chi connectivity index (χ1) is 19.7. The van der Waals surface area contributed by atoms with Gasteiger partial charge < -0.3 is 4.57 Å². The quantitative estimate of drug-likeness (QED) is 0.250.